The van der Waals surface area contributed by atoms with E-state index < -0.39 is 0 Å². The van der Waals surface area contributed by atoms with Gasteiger partial charge in [0.2, 0.25) is 0 Å². The van der Waals surface area contributed by atoms with Gasteiger partial charge in [-0.15, -0.1) is 0 Å². The van der Waals surface area contributed by atoms with Gasteiger partial charge >= 0.3 is 0 Å². The van der Waals surface area contributed by atoms with Gasteiger partial charge in [0.15, 0.2) is 0 Å². The van der Waals surface area contributed by atoms with Crippen molar-refractivity contribution in [1.82, 2.24) is 9.80 Å². The molecule has 0 unspecified atom stereocenters. The number of rotatable bonds is 2. The van der Waals surface area contributed by atoms with Gasteiger partial charge in [0.25, 0.3) is 0 Å². The van der Waals surface area contributed by atoms with Crippen molar-refractivity contribution >= 4 is 0 Å². The van der Waals surface area contributed by atoms with Gasteiger partial charge in [-0.25, -0.2) is 0 Å². The fourth-order valence-electron chi connectivity index (χ4n) is 2.33. The van der Waals surface area contributed by atoms with Crippen molar-refractivity contribution in [3.8, 4) is 0 Å². The molecule has 0 amide bonds. The van der Waals surface area contributed by atoms with E-state index in [0.29, 0.717) is 11.8 Å². The topological polar surface area (TPSA) is 6.48 Å². The van der Waals surface area contributed by atoms with Crippen LogP contribution in [0.15, 0.2) is 11.4 Å². The van der Waals surface area contributed by atoms with Crippen LogP contribution in [0.1, 0.15) is 27.7 Å². The molecule has 0 bridgehead atoms. The number of hydrogen-bond acceptors (Lipinski definition) is 2. The average molecular weight is 182 g/mol. The molecule has 2 heteroatoms. The van der Waals surface area contributed by atoms with Crippen LogP contribution >= 0.6 is 0 Å². The van der Waals surface area contributed by atoms with Crippen LogP contribution in [0.25, 0.3) is 0 Å². The predicted octanol–water partition coefficient (Wildman–Crippen LogP) is 2.34. The molecule has 0 aromatic rings. The van der Waals surface area contributed by atoms with E-state index in [4.69, 9.17) is 0 Å². The van der Waals surface area contributed by atoms with Gasteiger partial charge in [0.05, 0.1) is 6.67 Å². The monoisotopic (exact) mass is 182 g/mol. The summed E-state index contributed by atoms with van der Waals surface area (Å²) in [4.78, 5) is 4.72. The van der Waals surface area contributed by atoms with Gasteiger partial charge in [-0.3, -0.25) is 0 Å². The first-order valence-corrected chi connectivity index (χ1v) is 5.11. The number of allylic oxidation sites excluding steroid dienone is 2. The van der Waals surface area contributed by atoms with E-state index in [0.717, 1.165) is 6.67 Å². The maximum Gasteiger partial charge on any atom is 0.0892 e. The lowest BCUT2D eigenvalue weighted by molar-refractivity contribution is 0.297. The lowest BCUT2D eigenvalue weighted by atomic mass is 10.0. The molecule has 0 atom stereocenters. The zero-order chi connectivity index (χ0) is 10.2. The Balaban J connectivity index is 3.03. The molecule has 0 radical (unpaired) electrons. The molecule has 0 aromatic carbocycles. The standard InChI is InChI=1S/C11H22N2/c1-8(2)10-11(9(3)4)13(6)7-12(10)5/h8-9H,7H2,1-6H3. The Morgan fingerprint density at radius 2 is 1.15 bits per heavy atom. The minimum atomic E-state index is 0.632. The summed E-state index contributed by atoms with van der Waals surface area (Å²) >= 11 is 0. The molecule has 0 saturated carbocycles. The van der Waals surface area contributed by atoms with Crippen LogP contribution < -0.4 is 0 Å². The summed E-state index contributed by atoms with van der Waals surface area (Å²) in [5, 5.41) is 0. The lowest BCUT2D eigenvalue weighted by Gasteiger charge is -2.19. The molecule has 0 aliphatic carbocycles. The van der Waals surface area contributed by atoms with Crippen LogP contribution in [-0.2, 0) is 0 Å². The van der Waals surface area contributed by atoms with Gasteiger partial charge in [-0.1, -0.05) is 27.7 Å². The molecular weight excluding hydrogens is 160 g/mol. The van der Waals surface area contributed by atoms with Crippen molar-refractivity contribution in [2.45, 2.75) is 27.7 Å². The Morgan fingerprint density at radius 1 is 0.846 bits per heavy atom. The van der Waals surface area contributed by atoms with E-state index in [2.05, 4.69) is 51.6 Å². The van der Waals surface area contributed by atoms with E-state index >= 15 is 0 Å². The third-order valence-electron chi connectivity index (χ3n) is 2.60. The summed E-state index contributed by atoms with van der Waals surface area (Å²) in [5.41, 5.74) is 3.02. The van der Waals surface area contributed by atoms with Crippen LogP contribution in [0.5, 0.6) is 0 Å². The molecule has 1 rings (SSSR count). The summed E-state index contributed by atoms with van der Waals surface area (Å²) in [7, 11) is 4.36. The molecule has 0 aromatic heterocycles. The normalized spacial score (nSPS) is 18.5. The highest BCUT2D eigenvalue weighted by molar-refractivity contribution is 5.19. The third kappa shape index (κ3) is 1.82. The van der Waals surface area contributed by atoms with Gasteiger partial charge in [-0.05, 0) is 11.8 Å². The molecule has 13 heavy (non-hydrogen) atoms. The number of hydrogen-bond donors (Lipinski definition) is 0. The molecule has 0 saturated heterocycles. The Hall–Kier alpha value is -0.660. The summed E-state index contributed by atoms with van der Waals surface area (Å²) in [6, 6.07) is 0. The first-order valence-electron chi connectivity index (χ1n) is 5.11. The predicted molar refractivity (Wildman–Crippen MR) is 57.1 cm³/mol. The van der Waals surface area contributed by atoms with E-state index in [-0.39, 0.29) is 0 Å². The van der Waals surface area contributed by atoms with E-state index in [9.17, 15) is 0 Å². The highest BCUT2D eigenvalue weighted by Crippen LogP contribution is 2.31. The number of nitrogens with zero attached hydrogens (tertiary/aromatic N) is 2. The maximum atomic E-state index is 2.36. The minimum absolute atomic E-state index is 0.632. The summed E-state index contributed by atoms with van der Waals surface area (Å²) in [5.74, 6) is 1.26. The second-order valence-electron chi connectivity index (χ2n) is 4.62. The van der Waals surface area contributed by atoms with Crippen molar-refractivity contribution in [1.29, 1.82) is 0 Å². The summed E-state index contributed by atoms with van der Waals surface area (Å²) in [6.45, 7) is 10.1. The Labute approximate surface area is 82.2 Å². The molecule has 76 valence electrons. The zero-order valence-electron chi connectivity index (χ0n) is 9.76. The average Bonchev–Trinajstić information content (AvgIpc) is 2.24. The fourth-order valence-corrected chi connectivity index (χ4v) is 2.33. The first kappa shape index (κ1) is 10.4. The summed E-state index contributed by atoms with van der Waals surface area (Å²) in [6.07, 6.45) is 0. The molecule has 0 spiro atoms. The van der Waals surface area contributed by atoms with Crippen LogP contribution in [0.2, 0.25) is 0 Å². The van der Waals surface area contributed by atoms with Crippen LogP contribution in [0.4, 0.5) is 0 Å². The molecular formula is C11H22N2. The quantitative estimate of drug-likeness (QED) is 0.647. The fraction of sp³-hybridized carbons (Fsp3) is 0.818. The highest BCUT2D eigenvalue weighted by Gasteiger charge is 2.27. The van der Waals surface area contributed by atoms with Gasteiger partial charge in [0.1, 0.15) is 0 Å². The third-order valence-corrected chi connectivity index (χ3v) is 2.60. The Kier molecular flexibility index (Phi) is 2.89. The van der Waals surface area contributed by atoms with E-state index in [1.165, 1.54) is 11.4 Å². The largest absolute Gasteiger partial charge is 0.359 e. The first-order chi connectivity index (χ1) is 5.95. The maximum absolute atomic E-state index is 2.36. The lowest BCUT2D eigenvalue weighted by Crippen LogP contribution is -2.22. The smallest absolute Gasteiger partial charge is 0.0892 e. The van der Waals surface area contributed by atoms with Crippen molar-refractivity contribution in [2.75, 3.05) is 20.8 Å². The molecule has 2 nitrogen and oxygen atoms in total. The van der Waals surface area contributed by atoms with E-state index in [1.54, 1.807) is 0 Å². The second kappa shape index (κ2) is 3.60. The Morgan fingerprint density at radius 3 is 1.38 bits per heavy atom. The molecule has 1 heterocycles. The zero-order valence-corrected chi connectivity index (χ0v) is 9.76. The highest BCUT2D eigenvalue weighted by atomic mass is 15.4. The van der Waals surface area contributed by atoms with E-state index in [1.807, 2.05) is 0 Å². The Bertz CT molecular complexity index is 194. The minimum Gasteiger partial charge on any atom is -0.359 e. The molecule has 0 fully saturated rings. The van der Waals surface area contributed by atoms with Crippen molar-refractivity contribution in [3.63, 3.8) is 0 Å². The van der Waals surface area contributed by atoms with Crippen LogP contribution in [-0.4, -0.2) is 30.6 Å². The molecule has 1 aliphatic heterocycles. The molecule has 1 aliphatic rings. The molecule has 0 N–H and O–H groups in total. The van der Waals surface area contributed by atoms with Crippen molar-refractivity contribution in [3.05, 3.63) is 11.4 Å². The van der Waals surface area contributed by atoms with Crippen molar-refractivity contribution < 1.29 is 0 Å². The second-order valence-corrected chi connectivity index (χ2v) is 4.62. The van der Waals surface area contributed by atoms with Gasteiger partial charge < -0.3 is 9.80 Å². The van der Waals surface area contributed by atoms with Gasteiger partial charge in [-0.2, -0.15) is 0 Å². The van der Waals surface area contributed by atoms with Crippen LogP contribution in [0.3, 0.4) is 0 Å². The van der Waals surface area contributed by atoms with Crippen molar-refractivity contribution in [2.24, 2.45) is 11.8 Å². The SMILES string of the molecule is CC(C)C1=C(C(C)C)N(C)CN1C. The summed E-state index contributed by atoms with van der Waals surface area (Å²) < 4.78 is 0. The van der Waals surface area contributed by atoms with Crippen LogP contribution in [0, 0.1) is 11.8 Å². The van der Waals surface area contributed by atoms with Gasteiger partial charge in [0, 0.05) is 25.5 Å².